The predicted octanol–water partition coefficient (Wildman–Crippen LogP) is 4.73. The number of fused-ring (bicyclic) bond motifs is 1. The lowest BCUT2D eigenvalue weighted by Crippen LogP contribution is -2.41. The summed E-state index contributed by atoms with van der Waals surface area (Å²) in [5.74, 6) is 0. The molecule has 0 fully saturated rings. The summed E-state index contributed by atoms with van der Waals surface area (Å²) in [6.07, 6.45) is 1.12. The first-order valence-corrected chi connectivity index (χ1v) is 7.68. The van der Waals surface area contributed by atoms with Crippen molar-refractivity contribution in [3.8, 4) is 0 Å². The van der Waals surface area contributed by atoms with Gasteiger partial charge in [0.05, 0.1) is 0 Å². The number of anilines is 1. The third-order valence-corrected chi connectivity index (χ3v) is 3.74. The van der Waals surface area contributed by atoms with Gasteiger partial charge in [-0.15, -0.1) is 0 Å². The van der Waals surface area contributed by atoms with Crippen molar-refractivity contribution in [2.45, 2.75) is 53.1 Å². The SMILES string of the molecule is CC(C)(C)CC(C)(C)NCc1cc2ccccc2cc1N. The Kier molecular flexibility index (Phi) is 4.29. The second-order valence-electron chi connectivity index (χ2n) is 7.87. The minimum Gasteiger partial charge on any atom is -0.398 e. The number of benzene rings is 2. The summed E-state index contributed by atoms with van der Waals surface area (Å²) in [7, 11) is 0. The van der Waals surface area contributed by atoms with E-state index in [0.29, 0.717) is 5.41 Å². The molecule has 0 radical (unpaired) electrons. The molecule has 0 aliphatic rings. The molecule has 2 rings (SSSR count). The number of hydrogen-bond donors (Lipinski definition) is 2. The van der Waals surface area contributed by atoms with Gasteiger partial charge in [-0.2, -0.15) is 0 Å². The first-order chi connectivity index (χ1) is 9.66. The van der Waals surface area contributed by atoms with E-state index in [1.54, 1.807) is 0 Å². The van der Waals surface area contributed by atoms with Gasteiger partial charge in [0.15, 0.2) is 0 Å². The van der Waals surface area contributed by atoms with Crippen LogP contribution in [0, 0.1) is 5.41 Å². The Hall–Kier alpha value is -1.54. The van der Waals surface area contributed by atoms with E-state index in [9.17, 15) is 0 Å². The second-order valence-corrected chi connectivity index (χ2v) is 7.87. The summed E-state index contributed by atoms with van der Waals surface area (Å²) < 4.78 is 0. The lowest BCUT2D eigenvalue weighted by Gasteiger charge is -2.33. The highest BCUT2D eigenvalue weighted by atomic mass is 15.0. The van der Waals surface area contributed by atoms with E-state index >= 15 is 0 Å². The summed E-state index contributed by atoms with van der Waals surface area (Å²) in [6.45, 7) is 12.2. The standard InChI is InChI=1S/C19H28N2/c1-18(2,3)13-19(4,5)21-12-16-10-14-8-6-7-9-15(14)11-17(16)20/h6-11,21H,12-13,20H2,1-5H3. The number of nitrogen functional groups attached to an aromatic ring is 1. The van der Waals surface area contributed by atoms with Crippen LogP contribution >= 0.6 is 0 Å². The van der Waals surface area contributed by atoms with E-state index in [1.165, 1.54) is 16.3 Å². The van der Waals surface area contributed by atoms with Gasteiger partial charge < -0.3 is 11.1 Å². The van der Waals surface area contributed by atoms with Crippen LogP contribution in [0.25, 0.3) is 10.8 Å². The Morgan fingerprint density at radius 2 is 1.52 bits per heavy atom. The van der Waals surface area contributed by atoms with Crippen molar-refractivity contribution in [3.63, 3.8) is 0 Å². The van der Waals surface area contributed by atoms with Crippen molar-refractivity contribution in [1.29, 1.82) is 0 Å². The van der Waals surface area contributed by atoms with Crippen LogP contribution in [0.5, 0.6) is 0 Å². The fourth-order valence-electron chi connectivity index (χ4n) is 3.18. The third-order valence-electron chi connectivity index (χ3n) is 3.74. The lowest BCUT2D eigenvalue weighted by molar-refractivity contribution is 0.241. The van der Waals surface area contributed by atoms with Crippen LogP contribution < -0.4 is 11.1 Å². The maximum absolute atomic E-state index is 6.20. The monoisotopic (exact) mass is 284 g/mol. The maximum atomic E-state index is 6.20. The number of nitrogens with two attached hydrogens (primary N) is 1. The molecule has 0 bridgehead atoms. The van der Waals surface area contributed by atoms with E-state index < -0.39 is 0 Å². The highest BCUT2D eigenvalue weighted by Crippen LogP contribution is 2.28. The summed E-state index contributed by atoms with van der Waals surface area (Å²) in [6, 6.07) is 12.6. The average Bonchev–Trinajstić information content (AvgIpc) is 2.33. The number of rotatable bonds is 4. The van der Waals surface area contributed by atoms with Gasteiger partial charge in [-0.05, 0) is 54.2 Å². The molecule has 2 heteroatoms. The van der Waals surface area contributed by atoms with Crippen molar-refractivity contribution in [1.82, 2.24) is 5.32 Å². The molecular weight excluding hydrogens is 256 g/mol. The lowest BCUT2D eigenvalue weighted by atomic mass is 9.81. The fourth-order valence-corrected chi connectivity index (χ4v) is 3.18. The largest absolute Gasteiger partial charge is 0.398 e. The zero-order valence-electron chi connectivity index (χ0n) is 14.0. The number of hydrogen-bond acceptors (Lipinski definition) is 2. The zero-order chi connectivity index (χ0) is 15.7. The van der Waals surface area contributed by atoms with Gasteiger partial charge in [0, 0.05) is 17.8 Å². The molecule has 21 heavy (non-hydrogen) atoms. The van der Waals surface area contributed by atoms with Crippen LogP contribution in [0.3, 0.4) is 0 Å². The van der Waals surface area contributed by atoms with E-state index in [0.717, 1.165) is 18.7 Å². The highest BCUT2D eigenvalue weighted by Gasteiger charge is 2.24. The Balaban J connectivity index is 2.15. The Morgan fingerprint density at radius 1 is 0.952 bits per heavy atom. The van der Waals surface area contributed by atoms with E-state index in [4.69, 9.17) is 5.73 Å². The molecule has 114 valence electrons. The van der Waals surface area contributed by atoms with Crippen molar-refractivity contribution in [2.24, 2.45) is 5.41 Å². The molecule has 0 aromatic heterocycles. The van der Waals surface area contributed by atoms with Crippen LogP contribution in [0.1, 0.15) is 46.6 Å². The number of nitrogens with one attached hydrogen (secondary N) is 1. The van der Waals surface area contributed by atoms with Crippen LogP contribution in [0.2, 0.25) is 0 Å². The molecule has 2 aromatic rings. The Labute approximate surface area is 128 Å². The smallest absolute Gasteiger partial charge is 0.0366 e. The summed E-state index contributed by atoms with van der Waals surface area (Å²) in [5.41, 5.74) is 8.65. The normalized spacial score (nSPS) is 12.8. The molecule has 0 spiro atoms. The topological polar surface area (TPSA) is 38.0 Å². The zero-order valence-corrected chi connectivity index (χ0v) is 14.0. The van der Waals surface area contributed by atoms with Crippen LogP contribution in [0.15, 0.2) is 36.4 Å². The molecule has 0 atom stereocenters. The third kappa shape index (κ3) is 4.47. The summed E-state index contributed by atoms with van der Waals surface area (Å²) >= 11 is 0. The quantitative estimate of drug-likeness (QED) is 0.797. The van der Waals surface area contributed by atoms with Crippen molar-refractivity contribution < 1.29 is 0 Å². The molecule has 2 nitrogen and oxygen atoms in total. The van der Waals surface area contributed by atoms with Gasteiger partial charge in [-0.3, -0.25) is 0 Å². The molecule has 0 heterocycles. The molecule has 0 saturated carbocycles. The first-order valence-electron chi connectivity index (χ1n) is 7.68. The molecule has 0 amide bonds. The average molecular weight is 284 g/mol. The van der Waals surface area contributed by atoms with E-state index in [-0.39, 0.29) is 5.54 Å². The van der Waals surface area contributed by atoms with Crippen molar-refractivity contribution in [2.75, 3.05) is 5.73 Å². The minimum atomic E-state index is 0.0936. The van der Waals surface area contributed by atoms with Crippen molar-refractivity contribution in [3.05, 3.63) is 42.0 Å². The predicted molar refractivity (Wildman–Crippen MR) is 93.4 cm³/mol. The molecule has 0 aliphatic heterocycles. The molecule has 0 saturated heterocycles. The minimum absolute atomic E-state index is 0.0936. The summed E-state index contributed by atoms with van der Waals surface area (Å²) in [5, 5.41) is 6.11. The molecule has 2 aromatic carbocycles. The van der Waals surface area contributed by atoms with Crippen LogP contribution in [-0.4, -0.2) is 5.54 Å². The van der Waals surface area contributed by atoms with E-state index in [2.05, 4.69) is 70.3 Å². The highest BCUT2D eigenvalue weighted by molar-refractivity contribution is 5.86. The van der Waals surface area contributed by atoms with Gasteiger partial charge in [0.2, 0.25) is 0 Å². The van der Waals surface area contributed by atoms with Gasteiger partial charge >= 0.3 is 0 Å². The van der Waals surface area contributed by atoms with Gasteiger partial charge in [-0.25, -0.2) is 0 Å². The van der Waals surface area contributed by atoms with Crippen LogP contribution in [0.4, 0.5) is 5.69 Å². The van der Waals surface area contributed by atoms with Gasteiger partial charge in [0.1, 0.15) is 0 Å². The first kappa shape index (κ1) is 15.8. The van der Waals surface area contributed by atoms with Gasteiger partial charge in [-0.1, -0.05) is 45.0 Å². The Morgan fingerprint density at radius 3 is 2.10 bits per heavy atom. The van der Waals surface area contributed by atoms with Gasteiger partial charge in [0.25, 0.3) is 0 Å². The van der Waals surface area contributed by atoms with Crippen molar-refractivity contribution >= 4 is 16.5 Å². The van der Waals surface area contributed by atoms with E-state index in [1.807, 2.05) is 6.07 Å². The van der Waals surface area contributed by atoms with Crippen LogP contribution in [-0.2, 0) is 6.54 Å². The fraction of sp³-hybridized carbons (Fsp3) is 0.474. The Bertz CT molecular complexity index is 621. The second kappa shape index (κ2) is 5.69. The molecular formula is C19H28N2. The molecule has 0 unspecified atom stereocenters. The summed E-state index contributed by atoms with van der Waals surface area (Å²) in [4.78, 5) is 0. The maximum Gasteiger partial charge on any atom is 0.0366 e. The molecule has 3 N–H and O–H groups in total. The molecule has 0 aliphatic carbocycles.